The molecule has 1 aromatic carbocycles. The maximum atomic E-state index is 11.8. The molecule has 0 unspecified atom stereocenters. The second kappa shape index (κ2) is 5.17. The van der Waals surface area contributed by atoms with E-state index in [1.54, 1.807) is 0 Å². The van der Waals surface area contributed by atoms with Gasteiger partial charge in [-0.2, -0.15) is 0 Å². The first-order valence-electron chi connectivity index (χ1n) is 5.49. The SMILES string of the molecule is O=C(/C=C(/Cl)c1ccccc1)N1CCCC1. The van der Waals surface area contributed by atoms with Gasteiger partial charge in [-0.1, -0.05) is 41.9 Å². The van der Waals surface area contributed by atoms with E-state index in [1.165, 1.54) is 6.08 Å². The minimum Gasteiger partial charge on any atom is -0.339 e. The Morgan fingerprint density at radius 3 is 2.44 bits per heavy atom. The van der Waals surface area contributed by atoms with Crippen LogP contribution in [0.4, 0.5) is 0 Å². The van der Waals surface area contributed by atoms with Gasteiger partial charge in [-0.3, -0.25) is 4.79 Å². The molecule has 16 heavy (non-hydrogen) atoms. The summed E-state index contributed by atoms with van der Waals surface area (Å²) < 4.78 is 0. The van der Waals surface area contributed by atoms with Crippen molar-refractivity contribution < 1.29 is 4.79 Å². The fraction of sp³-hybridized carbons (Fsp3) is 0.308. The van der Waals surface area contributed by atoms with Crippen molar-refractivity contribution >= 4 is 22.5 Å². The lowest BCUT2D eigenvalue weighted by Crippen LogP contribution is -2.25. The Hall–Kier alpha value is -1.28. The quantitative estimate of drug-likeness (QED) is 0.722. The van der Waals surface area contributed by atoms with E-state index in [0.717, 1.165) is 31.5 Å². The van der Waals surface area contributed by atoms with Crippen LogP contribution in [-0.2, 0) is 4.79 Å². The Morgan fingerprint density at radius 1 is 1.19 bits per heavy atom. The fourth-order valence-electron chi connectivity index (χ4n) is 1.82. The highest BCUT2D eigenvalue weighted by Crippen LogP contribution is 2.19. The van der Waals surface area contributed by atoms with E-state index in [1.807, 2.05) is 35.2 Å². The van der Waals surface area contributed by atoms with Gasteiger partial charge in [-0.05, 0) is 18.4 Å². The van der Waals surface area contributed by atoms with Gasteiger partial charge in [0.25, 0.3) is 0 Å². The van der Waals surface area contributed by atoms with Crippen molar-refractivity contribution in [1.82, 2.24) is 4.90 Å². The number of hydrogen-bond donors (Lipinski definition) is 0. The molecule has 0 N–H and O–H groups in total. The van der Waals surface area contributed by atoms with Crippen LogP contribution in [0, 0.1) is 0 Å². The third kappa shape index (κ3) is 2.64. The smallest absolute Gasteiger partial charge is 0.248 e. The summed E-state index contributed by atoms with van der Waals surface area (Å²) in [7, 11) is 0. The molecule has 0 spiro atoms. The molecular weight excluding hydrogens is 222 g/mol. The average Bonchev–Trinajstić information content (AvgIpc) is 2.83. The zero-order chi connectivity index (χ0) is 11.4. The van der Waals surface area contributed by atoms with Gasteiger partial charge in [0.2, 0.25) is 5.91 Å². The van der Waals surface area contributed by atoms with Crippen molar-refractivity contribution in [2.24, 2.45) is 0 Å². The highest BCUT2D eigenvalue weighted by atomic mass is 35.5. The van der Waals surface area contributed by atoms with Crippen LogP contribution in [0.3, 0.4) is 0 Å². The standard InChI is InChI=1S/C13H14ClNO/c14-12(11-6-2-1-3-7-11)10-13(16)15-8-4-5-9-15/h1-3,6-7,10H,4-5,8-9H2/b12-10+. The summed E-state index contributed by atoms with van der Waals surface area (Å²) in [5.74, 6) is 0.0198. The van der Waals surface area contributed by atoms with Crippen LogP contribution in [0.15, 0.2) is 36.4 Å². The summed E-state index contributed by atoms with van der Waals surface area (Å²) in [4.78, 5) is 13.6. The third-order valence-corrected chi connectivity index (χ3v) is 3.04. The third-order valence-electron chi connectivity index (χ3n) is 2.72. The molecule has 1 saturated heterocycles. The van der Waals surface area contributed by atoms with Crippen molar-refractivity contribution in [2.45, 2.75) is 12.8 Å². The van der Waals surface area contributed by atoms with Crippen LogP contribution in [0.1, 0.15) is 18.4 Å². The predicted molar refractivity (Wildman–Crippen MR) is 66.1 cm³/mol. The monoisotopic (exact) mass is 235 g/mol. The van der Waals surface area contributed by atoms with E-state index < -0.39 is 0 Å². The summed E-state index contributed by atoms with van der Waals surface area (Å²) in [5.41, 5.74) is 0.886. The molecule has 0 aliphatic carbocycles. The number of benzene rings is 1. The van der Waals surface area contributed by atoms with E-state index in [2.05, 4.69) is 0 Å². The molecule has 1 aliphatic heterocycles. The number of hydrogen-bond acceptors (Lipinski definition) is 1. The lowest BCUT2D eigenvalue weighted by atomic mass is 10.2. The maximum absolute atomic E-state index is 11.8. The summed E-state index contributed by atoms with van der Waals surface area (Å²) in [6.45, 7) is 1.71. The Kier molecular flexibility index (Phi) is 3.62. The van der Waals surface area contributed by atoms with Gasteiger partial charge in [0.1, 0.15) is 0 Å². The number of halogens is 1. The summed E-state index contributed by atoms with van der Waals surface area (Å²) in [5, 5.41) is 0.512. The molecule has 1 aromatic rings. The zero-order valence-electron chi connectivity index (χ0n) is 9.03. The van der Waals surface area contributed by atoms with E-state index in [0.29, 0.717) is 5.03 Å². The van der Waals surface area contributed by atoms with Crippen LogP contribution in [-0.4, -0.2) is 23.9 Å². The molecule has 1 heterocycles. The second-order valence-corrected chi connectivity index (χ2v) is 4.30. The number of carbonyl (C=O) groups excluding carboxylic acids is 1. The number of amides is 1. The molecule has 3 heteroatoms. The molecule has 1 fully saturated rings. The second-order valence-electron chi connectivity index (χ2n) is 3.89. The molecule has 2 nitrogen and oxygen atoms in total. The van der Waals surface area contributed by atoms with Gasteiger partial charge in [0.05, 0.1) is 5.03 Å². The van der Waals surface area contributed by atoms with Crippen LogP contribution >= 0.6 is 11.6 Å². The van der Waals surface area contributed by atoms with Gasteiger partial charge >= 0.3 is 0 Å². The summed E-state index contributed by atoms with van der Waals surface area (Å²) in [6, 6.07) is 9.54. The van der Waals surface area contributed by atoms with Crippen molar-refractivity contribution in [3.05, 3.63) is 42.0 Å². The number of carbonyl (C=O) groups is 1. The van der Waals surface area contributed by atoms with Crippen LogP contribution in [0.25, 0.3) is 5.03 Å². The molecule has 84 valence electrons. The van der Waals surface area contributed by atoms with Crippen LogP contribution in [0.2, 0.25) is 0 Å². The lowest BCUT2D eigenvalue weighted by Gasteiger charge is -2.12. The molecule has 2 rings (SSSR count). The number of rotatable bonds is 2. The molecular formula is C13H14ClNO. The minimum absolute atomic E-state index is 0.0198. The van der Waals surface area contributed by atoms with Crippen molar-refractivity contribution in [1.29, 1.82) is 0 Å². The Bertz CT molecular complexity index is 394. The molecule has 0 atom stereocenters. The zero-order valence-corrected chi connectivity index (χ0v) is 9.78. The van der Waals surface area contributed by atoms with Gasteiger partial charge in [-0.15, -0.1) is 0 Å². The normalized spacial score (nSPS) is 16.6. The van der Waals surface area contributed by atoms with Crippen LogP contribution in [0.5, 0.6) is 0 Å². The van der Waals surface area contributed by atoms with Crippen molar-refractivity contribution in [3.8, 4) is 0 Å². The van der Waals surface area contributed by atoms with Crippen molar-refractivity contribution in [3.63, 3.8) is 0 Å². The minimum atomic E-state index is 0.0198. The molecule has 1 amide bonds. The first kappa shape index (κ1) is 11.2. The van der Waals surface area contributed by atoms with Gasteiger partial charge in [0.15, 0.2) is 0 Å². The van der Waals surface area contributed by atoms with E-state index in [4.69, 9.17) is 11.6 Å². The summed E-state index contributed by atoms with van der Waals surface area (Å²) >= 11 is 6.09. The van der Waals surface area contributed by atoms with E-state index in [9.17, 15) is 4.79 Å². The number of nitrogens with zero attached hydrogens (tertiary/aromatic N) is 1. The number of likely N-dealkylation sites (tertiary alicyclic amines) is 1. The van der Waals surface area contributed by atoms with Crippen LogP contribution < -0.4 is 0 Å². The van der Waals surface area contributed by atoms with Gasteiger partial charge in [0, 0.05) is 19.2 Å². The topological polar surface area (TPSA) is 20.3 Å². The van der Waals surface area contributed by atoms with Crippen molar-refractivity contribution in [2.75, 3.05) is 13.1 Å². The Morgan fingerprint density at radius 2 is 1.81 bits per heavy atom. The largest absolute Gasteiger partial charge is 0.339 e. The van der Waals surface area contributed by atoms with E-state index >= 15 is 0 Å². The first-order valence-corrected chi connectivity index (χ1v) is 5.87. The fourth-order valence-corrected chi connectivity index (χ4v) is 2.04. The Balaban J connectivity index is 2.09. The molecule has 0 radical (unpaired) electrons. The summed E-state index contributed by atoms with van der Waals surface area (Å²) in [6.07, 6.45) is 3.72. The molecule has 0 saturated carbocycles. The van der Waals surface area contributed by atoms with E-state index in [-0.39, 0.29) is 5.91 Å². The molecule has 0 aromatic heterocycles. The Labute approximate surface area is 101 Å². The first-order chi connectivity index (χ1) is 7.77. The highest BCUT2D eigenvalue weighted by Gasteiger charge is 2.16. The molecule has 1 aliphatic rings. The maximum Gasteiger partial charge on any atom is 0.248 e. The highest BCUT2D eigenvalue weighted by molar-refractivity contribution is 6.50. The van der Waals surface area contributed by atoms with Gasteiger partial charge in [-0.25, -0.2) is 0 Å². The molecule has 0 bridgehead atoms. The lowest BCUT2D eigenvalue weighted by molar-refractivity contribution is -0.124. The predicted octanol–water partition coefficient (Wildman–Crippen LogP) is 2.89. The van der Waals surface area contributed by atoms with Gasteiger partial charge < -0.3 is 4.90 Å². The average molecular weight is 236 g/mol.